The Hall–Kier alpha value is -2.24. The summed E-state index contributed by atoms with van der Waals surface area (Å²) >= 11 is 0. The number of hydrogen-bond donors (Lipinski definition) is 0. The summed E-state index contributed by atoms with van der Waals surface area (Å²) in [5.74, 6) is 1.37. The van der Waals surface area contributed by atoms with Crippen LogP contribution in [0.5, 0.6) is 11.5 Å². The number of ketones is 1. The largest absolute Gasteiger partial charge is 0.493 e. The first-order valence-electron chi connectivity index (χ1n) is 9.40. The molecule has 3 rings (SSSR count). The van der Waals surface area contributed by atoms with Gasteiger partial charge in [-0.3, -0.25) is 9.69 Å². The fourth-order valence-corrected chi connectivity index (χ4v) is 3.54. The standard InChI is InChI=1S/C22H28N2O3.ClH/c1-17-6-4-5-7-19(17)24-14-12-23(13-15-24)11-10-20(25)18-8-9-21(26-2)22(16-18)27-3;/h4-9,16H,10-15H2,1-3H3;1H. The van der Waals surface area contributed by atoms with Gasteiger partial charge >= 0.3 is 0 Å². The van der Waals surface area contributed by atoms with Gasteiger partial charge in [0.25, 0.3) is 0 Å². The maximum absolute atomic E-state index is 12.6. The van der Waals surface area contributed by atoms with Crippen LogP contribution in [0.4, 0.5) is 5.69 Å². The molecule has 1 fully saturated rings. The number of halogens is 1. The number of carbonyl (C=O) groups is 1. The number of Topliss-reactive ketones (excluding diaryl/α,β-unsaturated/α-hetero) is 1. The van der Waals surface area contributed by atoms with E-state index in [9.17, 15) is 4.79 Å². The number of nitrogens with zero attached hydrogens (tertiary/aromatic N) is 2. The number of benzene rings is 2. The van der Waals surface area contributed by atoms with Crippen molar-refractivity contribution in [3.8, 4) is 11.5 Å². The van der Waals surface area contributed by atoms with E-state index in [0.29, 0.717) is 23.5 Å². The molecule has 0 saturated carbocycles. The first-order valence-corrected chi connectivity index (χ1v) is 9.40. The minimum absolute atomic E-state index is 0. The Labute approximate surface area is 173 Å². The summed E-state index contributed by atoms with van der Waals surface area (Å²) in [6.45, 7) is 6.89. The highest BCUT2D eigenvalue weighted by Crippen LogP contribution is 2.28. The molecule has 1 aliphatic rings. The quantitative estimate of drug-likeness (QED) is 0.656. The Morgan fingerprint density at radius 3 is 2.29 bits per heavy atom. The van der Waals surface area contributed by atoms with Gasteiger partial charge in [-0.2, -0.15) is 0 Å². The van der Waals surface area contributed by atoms with Crippen LogP contribution in [0.1, 0.15) is 22.3 Å². The smallest absolute Gasteiger partial charge is 0.164 e. The van der Waals surface area contributed by atoms with E-state index in [4.69, 9.17) is 9.47 Å². The van der Waals surface area contributed by atoms with Gasteiger partial charge in [-0.25, -0.2) is 0 Å². The minimum atomic E-state index is 0. The van der Waals surface area contributed by atoms with Crippen LogP contribution >= 0.6 is 12.4 Å². The average Bonchev–Trinajstić information content (AvgIpc) is 2.72. The van der Waals surface area contributed by atoms with E-state index in [2.05, 4.69) is 41.0 Å². The van der Waals surface area contributed by atoms with Crippen molar-refractivity contribution in [2.75, 3.05) is 51.8 Å². The van der Waals surface area contributed by atoms with Gasteiger partial charge in [0, 0.05) is 50.4 Å². The van der Waals surface area contributed by atoms with Gasteiger partial charge in [0.2, 0.25) is 0 Å². The van der Waals surface area contributed by atoms with Gasteiger partial charge in [0.05, 0.1) is 14.2 Å². The summed E-state index contributed by atoms with van der Waals surface area (Å²) in [4.78, 5) is 17.4. The summed E-state index contributed by atoms with van der Waals surface area (Å²) in [6, 6.07) is 13.9. The summed E-state index contributed by atoms with van der Waals surface area (Å²) in [7, 11) is 3.18. The summed E-state index contributed by atoms with van der Waals surface area (Å²) in [6.07, 6.45) is 0.514. The third kappa shape index (κ3) is 5.18. The molecule has 0 atom stereocenters. The van der Waals surface area contributed by atoms with E-state index in [1.54, 1.807) is 32.4 Å². The predicted molar refractivity (Wildman–Crippen MR) is 116 cm³/mol. The Kier molecular flexibility index (Phi) is 8.15. The van der Waals surface area contributed by atoms with Gasteiger partial charge in [0.1, 0.15) is 0 Å². The maximum Gasteiger partial charge on any atom is 0.164 e. The maximum atomic E-state index is 12.6. The van der Waals surface area contributed by atoms with Crippen LogP contribution in [0.3, 0.4) is 0 Å². The van der Waals surface area contributed by atoms with E-state index in [-0.39, 0.29) is 18.2 Å². The number of piperazine rings is 1. The number of rotatable bonds is 7. The topological polar surface area (TPSA) is 42.0 Å². The van der Waals surface area contributed by atoms with Gasteiger partial charge < -0.3 is 14.4 Å². The normalized spacial score (nSPS) is 14.3. The van der Waals surface area contributed by atoms with Crippen molar-refractivity contribution in [2.45, 2.75) is 13.3 Å². The first kappa shape index (κ1) is 22.1. The van der Waals surface area contributed by atoms with E-state index < -0.39 is 0 Å². The van der Waals surface area contributed by atoms with Crippen molar-refractivity contribution in [1.82, 2.24) is 4.90 Å². The van der Waals surface area contributed by atoms with Crippen LogP contribution in [-0.2, 0) is 0 Å². The van der Waals surface area contributed by atoms with Crippen LogP contribution in [0, 0.1) is 6.92 Å². The second kappa shape index (κ2) is 10.3. The molecule has 2 aromatic carbocycles. The van der Waals surface area contributed by atoms with Crippen LogP contribution in [0.2, 0.25) is 0 Å². The highest BCUT2D eigenvalue weighted by molar-refractivity contribution is 5.96. The zero-order valence-corrected chi connectivity index (χ0v) is 17.6. The molecule has 1 heterocycles. The van der Waals surface area contributed by atoms with Crippen LogP contribution in [-0.4, -0.2) is 57.6 Å². The molecule has 1 aliphatic heterocycles. The van der Waals surface area contributed by atoms with Gasteiger partial charge in [-0.1, -0.05) is 18.2 Å². The Morgan fingerprint density at radius 2 is 1.64 bits per heavy atom. The Bertz CT molecular complexity index is 789. The summed E-state index contributed by atoms with van der Waals surface area (Å²) in [5.41, 5.74) is 3.30. The Morgan fingerprint density at radius 1 is 0.964 bits per heavy atom. The zero-order chi connectivity index (χ0) is 19.2. The monoisotopic (exact) mass is 404 g/mol. The second-order valence-electron chi connectivity index (χ2n) is 6.86. The highest BCUT2D eigenvalue weighted by Gasteiger charge is 2.19. The minimum Gasteiger partial charge on any atom is -0.493 e. The van der Waals surface area contributed by atoms with Gasteiger partial charge in [0.15, 0.2) is 17.3 Å². The second-order valence-corrected chi connectivity index (χ2v) is 6.86. The molecule has 152 valence electrons. The van der Waals surface area contributed by atoms with E-state index >= 15 is 0 Å². The number of para-hydroxylation sites is 1. The number of carbonyl (C=O) groups excluding carboxylic acids is 1. The van der Waals surface area contributed by atoms with Crippen molar-refractivity contribution >= 4 is 23.9 Å². The highest BCUT2D eigenvalue weighted by atomic mass is 35.5. The van der Waals surface area contributed by atoms with Crippen molar-refractivity contribution in [3.63, 3.8) is 0 Å². The molecular weight excluding hydrogens is 376 g/mol. The van der Waals surface area contributed by atoms with Crippen LogP contribution < -0.4 is 14.4 Å². The fourth-order valence-electron chi connectivity index (χ4n) is 3.54. The predicted octanol–water partition coefficient (Wildman–Crippen LogP) is 3.83. The first-order chi connectivity index (χ1) is 13.1. The molecule has 5 nitrogen and oxygen atoms in total. The molecule has 28 heavy (non-hydrogen) atoms. The SMILES string of the molecule is COc1ccc(C(=O)CCN2CCN(c3ccccc3C)CC2)cc1OC.Cl. The number of anilines is 1. The molecule has 0 bridgehead atoms. The van der Waals surface area contributed by atoms with Gasteiger partial charge in [-0.15, -0.1) is 12.4 Å². The number of aryl methyl sites for hydroxylation is 1. The molecule has 2 aromatic rings. The molecule has 0 amide bonds. The molecule has 0 N–H and O–H groups in total. The molecule has 0 radical (unpaired) electrons. The summed E-state index contributed by atoms with van der Waals surface area (Å²) < 4.78 is 10.5. The Balaban J connectivity index is 0.00000280. The van der Waals surface area contributed by atoms with Crippen molar-refractivity contribution < 1.29 is 14.3 Å². The molecule has 6 heteroatoms. The average molecular weight is 405 g/mol. The molecule has 0 spiro atoms. The lowest BCUT2D eigenvalue weighted by atomic mass is 10.1. The van der Waals surface area contributed by atoms with Crippen molar-refractivity contribution in [2.24, 2.45) is 0 Å². The molecular formula is C22H29ClN2O3. The third-order valence-electron chi connectivity index (χ3n) is 5.19. The van der Waals surface area contributed by atoms with E-state index in [0.717, 1.165) is 32.7 Å². The lowest BCUT2D eigenvalue weighted by Crippen LogP contribution is -2.47. The van der Waals surface area contributed by atoms with E-state index in [1.807, 2.05) is 0 Å². The fraction of sp³-hybridized carbons (Fsp3) is 0.409. The lowest BCUT2D eigenvalue weighted by molar-refractivity contribution is 0.0962. The third-order valence-corrected chi connectivity index (χ3v) is 5.19. The molecule has 1 saturated heterocycles. The molecule has 0 aliphatic carbocycles. The number of methoxy groups -OCH3 is 2. The molecule has 0 unspecified atom stereocenters. The van der Waals surface area contributed by atoms with E-state index in [1.165, 1.54) is 11.3 Å². The number of ether oxygens (including phenoxy) is 2. The molecule has 0 aromatic heterocycles. The van der Waals surface area contributed by atoms with Crippen molar-refractivity contribution in [1.29, 1.82) is 0 Å². The summed E-state index contributed by atoms with van der Waals surface area (Å²) in [5, 5.41) is 0. The van der Waals surface area contributed by atoms with Gasteiger partial charge in [-0.05, 0) is 36.8 Å². The zero-order valence-electron chi connectivity index (χ0n) is 16.8. The lowest BCUT2D eigenvalue weighted by Gasteiger charge is -2.36. The van der Waals surface area contributed by atoms with Crippen molar-refractivity contribution in [3.05, 3.63) is 53.6 Å². The van der Waals surface area contributed by atoms with Crippen LogP contribution in [0.15, 0.2) is 42.5 Å². The number of hydrogen-bond acceptors (Lipinski definition) is 5. The van der Waals surface area contributed by atoms with Crippen LogP contribution in [0.25, 0.3) is 0 Å².